The van der Waals surface area contributed by atoms with Crippen molar-refractivity contribution in [1.82, 2.24) is 24.9 Å². The van der Waals surface area contributed by atoms with E-state index in [-0.39, 0.29) is 29.0 Å². The van der Waals surface area contributed by atoms with Crippen LogP contribution in [-0.4, -0.2) is 40.2 Å². The van der Waals surface area contributed by atoms with Crippen LogP contribution >= 0.6 is 0 Å². The molecule has 3 rings (SSSR count). The number of carbonyl (C=O) groups is 1. The number of hydrogen-bond donors (Lipinski definition) is 2. The molecule has 10 heteroatoms. The minimum absolute atomic E-state index is 0.113. The Hall–Kier alpha value is -3.01. The lowest BCUT2D eigenvalue weighted by Gasteiger charge is -2.12. The molecule has 1 amide bonds. The number of hydrogen-bond acceptors (Lipinski definition) is 6. The molecule has 1 atom stereocenters. The van der Waals surface area contributed by atoms with Gasteiger partial charge in [0.05, 0.1) is 24.2 Å². The highest BCUT2D eigenvalue weighted by atomic mass is 32.2. The Balaban J connectivity index is 1.87. The van der Waals surface area contributed by atoms with Gasteiger partial charge in [-0.2, -0.15) is 5.10 Å². The van der Waals surface area contributed by atoms with Gasteiger partial charge in [-0.1, -0.05) is 6.07 Å². The Kier molecular flexibility index (Phi) is 4.36. The van der Waals surface area contributed by atoms with Crippen molar-refractivity contribution >= 4 is 27.4 Å². The van der Waals surface area contributed by atoms with Gasteiger partial charge in [-0.15, -0.1) is 0 Å². The summed E-state index contributed by atoms with van der Waals surface area (Å²) in [5.41, 5.74) is 1.21. The first-order chi connectivity index (χ1) is 11.8. The van der Waals surface area contributed by atoms with Gasteiger partial charge >= 0.3 is 0 Å². The maximum atomic E-state index is 12.5. The first-order valence-electron chi connectivity index (χ1n) is 7.37. The van der Waals surface area contributed by atoms with Crippen LogP contribution in [0.5, 0.6) is 0 Å². The van der Waals surface area contributed by atoms with Gasteiger partial charge in [0.1, 0.15) is 11.4 Å². The maximum absolute atomic E-state index is 12.5. The number of fused-ring (bicyclic) bond motifs is 1. The van der Waals surface area contributed by atoms with Crippen LogP contribution in [-0.2, 0) is 10.0 Å². The third-order valence-electron chi connectivity index (χ3n) is 3.38. The molecule has 0 radical (unpaired) electrons. The zero-order valence-electron chi connectivity index (χ0n) is 13.5. The molecule has 2 N–H and O–H groups in total. The van der Waals surface area contributed by atoms with E-state index in [4.69, 9.17) is 0 Å². The highest BCUT2D eigenvalue weighted by molar-refractivity contribution is 7.92. The summed E-state index contributed by atoms with van der Waals surface area (Å²) >= 11 is 0. The van der Waals surface area contributed by atoms with Gasteiger partial charge in [-0.05, 0) is 25.1 Å². The largest absolute Gasteiger partial charge is 0.344 e. The number of aromatic nitrogens is 4. The lowest BCUT2D eigenvalue weighted by atomic mass is 10.2. The fourth-order valence-corrected chi connectivity index (χ4v) is 2.75. The van der Waals surface area contributed by atoms with Gasteiger partial charge in [0.25, 0.3) is 5.91 Å². The Labute approximate surface area is 144 Å². The second kappa shape index (κ2) is 6.48. The van der Waals surface area contributed by atoms with Crippen LogP contribution in [0.25, 0.3) is 5.65 Å². The van der Waals surface area contributed by atoms with Gasteiger partial charge < -0.3 is 5.32 Å². The van der Waals surface area contributed by atoms with Gasteiger partial charge in [0.2, 0.25) is 10.0 Å². The molecule has 0 bridgehead atoms. The van der Waals surface area contributed by atoms with E-state index in [1.54, 1.807) is 12.3 Å². The number of carbonyl (C=O) groups excluding carboxylic acids is 1. The molecular weight excluding hydrogens is 344 g/mol. The second-order valence-electron chi connectivity index (χ2n) is 5.46. The Morgan fingerprint density at radius 1 is 1.28 bits per heavy atom. The molecule has 0 saturated carbocycles. The van der Waals surface area contributed by atoms with E-state index in [0.717, 1.165) is 11.9 Å². The van der Waals surface area contributed by atoms with Gasteiger partial charge in [0.15, 0.2) is 5.65 Å². The number of sulfonamides is 1. The maximum Gasteiger partial charge on any atom is 0.257 e. The van der Waals surface area contributed by atoms with Crippen molar-refractivity contribution in [3.05, 3.63) is 54.1 Å². The summed E-state index contributed by atoms with van der Waals surface area (Å²) in [4.78, 5) is 20.9. The number of nitrogens with zero attached hydrogens (tertiary/aromatic N) is 4. The molecule has 0 saturated heterocycles. The van der Waals surface area contributed by atoms with E-state index in [2.05, 4.69) is 25.1 Å². The van der Waals surface area contributed by atoms with Crippen molar-refractivity contribution in [2.24, 2.45) is 0 Å². The van der Waals surface area contributed by atoms with Crippen molar-refractivity contribution in [3.63, 3.8) is 0 Å². The average Bonchev–Trinajstić information content (AvgIpc) is 2.97. The van der Waals surface area contributed by atoms with Crippen LogP contribution in [0.1, 0.15) is 29.0 Å². The van der Waals surface area contributed by atoms with Crippen LogP contribution in [0, 0.1) is 0 Å². The summed E-state index contributed by atoms with van der Waals surface area (Å²) in [6, 6.07) is 6.60. The van der Waals surface area contributed by atoms with Gasteiger partial charge in [0, 0.05) is 12.4 Å². The van der Waals surface area contributed by atoms with Crippen LogP contribution in [0.15, 0.2) is 42.9 Å². The Bertz CT molecular complexity index is 1020. The summed E-state index contributed by atoms with van der Waals surface area (Å²) < 4.78 is 26.3. The quantitative estimate of drug-likeness (QED) is 0.700. The van der Waals surface area contributed by atoms with Crippen molar-refractivity contribution < 1.29 is 13.2 Å². The third-order valence-corrected chi connectivity index (χ3v) is 3.96. The Morgan fingerprint density at radius 2 is 2.08 bits per heavy atom. The minimum atomic E-state index is -3.47. The molecule has 3 aromatic heterocycles. The fraction of sp³-hybridized carbons (Fsp3) is 0.200. The molecule has 130 valence electrons. The van der Waals surface area contributed by atoms with E-state index < -0.39 is 10.0 Å². The van der Waals surface area contributed by atoms with Crippen molar-refractivity contribution in [3.8, 4) is 0 Å². The normalized spacial score (nSPS) is 12.7. The van der Waals surface area contributed by atoms with Crippen molar-refractivity contribution in [1.29, 1.82) is 0 Å². The molecule has 3 heterocycles. The molecule has 0 aromatic carbocycles. The first-order valence-corrected chi connectivity index (χ1v) is 9.26. The highest BCUT2D eigenvalue weighted by Gasteiger charge is 2.18. The summed E-state index contributed by atoms with van der Waals surface area (Å²) in [5, 5.41) is 6.88. The predicted octanol–water partition coefficient (Wildman–Crippen LogP) is 0.987. The second-order valence-corrected chi connectivity index (χ2v) is 7.21. The number of anilines is 1. The van der Waals surface area contributed by atoms with Crippen LogP contribution in [0.3, 0.4) is 0 Å². The fourth-order valence-electron chi connectivity index (χ4n) is 2.26. The van der Waals surface area contributed by atoms with E-state index in [1.807, 2.05) is 19.1 Å². The monoisotopic (exact) mass is 360 g/mol. The SMILES string of the molecule is CC(NC(=O)c1cnn2ccc(NS(C)(=O)=O)nc12)c1ccccn1. The number of rotatable bonds is 5. The molecule has 0 aliphatic heterocycles. The zero-order chi connectivity index (χ0) is 18.0. The molecular formula is C15H16N6O3S. The Morgan fingerprint density at radius 3 is 2.76 bits per heavy atom. The molecule has 25 heavy (non-hydrogen) atoms. The van der Waals surface area contributed by atoms with Crippen LogP contribution in [0.4, 0.5) is 5.82 Å². The predicted molar refractivity (Wildman–Crippen MR) is 91.6 cm³/mol. The smallest absolute Gasteiger partial charge is 0.257 e. The lowest BCUT2D eigenvalue weighted by molar-refractivity contribution is 0.0940. The number of pyridine rings is 1. The molecule has 0 fully saturated rings. The molecule has 0 aliphatic rings. The first kappa shape index (κ1) is 16.8. The highest BCUT2D eigenvalue weighted by Crippen LogP contribution is 2.15. The molecule has 9 nitrogen and oxygen atoms in total. The van der Waals surface area contributed by atoms with E-state index in [9.17, 15) is 13.2 Å². The minimum Gasteiger partial charge on any atom is -0.344 e. The standard InChI is InChI=1S/C15H16N6O3S/c1-10(12-5-3-4-7-16-12)18-15(22)11-9-17-21-8-6-13(19-14(11)21)20-25(2,23)24/h3-10H,1-2H3,(H,18,22)(H,19,20). The number of nitrogens with one attached hydrogen (secondary N) is 2. The molecule has 1 unspecified atom stereocenters. The van der Waals surface area contributed by atoms with E-state index in [1.165, 1.54) is 23.0 Å². The lowest BCUT2D eigenvalue weighted by Crippen LogP contribution is -2.27. The summed E-state index contributed by atoms with van der Waals surface area (Å²) in [6.07, 6.45) is 5.58. The van der Waals surface area contributed by atoms with E-state index >= 15 is 0 Å². The molecule has 0 aliphatic carbocycles. The summed E-state index contributed by atoms with van der Waals surface area (Å²) in [5.74, 6) is -0.264. The molecule has 3 aromatic rings. The van der Waals surface area contributed by atoms with Crippen molar-refractivity contribution in [2.75, 3.05) is 11.0 Å². The topological polar surface area (TPSA) is 118 Å². The van der Waals surface area contributed by atoms with Gasteiger partial charge in [-0.3, -0.25) is 14.5 Å². The zero-order valence-corrected chi connectivity index (χ0v) is 14.4. The summed E-state index contributed by atoms with van der Waals surface area (Å²) in [7, 11) is -3.47. The van der Waals surface area contributed by atoms with Crippen LogP contribution < -0.4 is 10.0 Å². The van der Waals surface area contributed by atoms with Gasteiger partial charge in [-0.25, -0.2) is 17.9 Å². The summed E-state index contributed by atoms with van der Waals surface area (Å²) in [6.45, 7) is 1.82. The van der Waals surface area contributed by atoms with E-state index in [0.29, 0.717) is 0 Å². The van der Waals surface area contributed by atoms with Crippen LogP contribution in [0.2, 0.25) is 0 Å². The molecule has 0 spiro atoms. The number of amides is 1. The average molecular weight is 360 g/mol. The third kappa shape index (κ3) is 3.91. The van der Waals surface area contributed by atoms with Crippen molar-refractivity contribution in [2.45, 2.75) is 13.0 Å².